The number of unbranched alkanes of at least 4 members (excludes halogenated alkanes) is 1. The van der Waals surface area contributed by atoms with E-state index in [9.17, 15) is 4.79 Å². The van der Waals surface area contributed by atoms with Gasteiger partial charge in [-0.3, -0.25) is 9.78 Å². The Morgan fingerprint density at radius 1 is 1.26 bits per heavy atom. The Bertz CT molecular complexity index is 942. The molecule has 5 nitrogen and oxygen atoms in total. The van der Waals surface area contributed by atoms with Crippen LogP contribution in [-0.4, -0.2) is 23.0 Å². The van der Waals surface area contributed by atoms with Gasteiger partial charge in [0.2, 0.25) is 5.91 Å². The summed E-state index contributed by atoms with van der Waals surface area (Å²) in [7, 11) is 1.58. The van der Waals surface area contributed by atoms with Crippen molar-refractivity contribution < 1.29 is 9.53 Å². The van der Waals surface area contributed by atoms with Crippen LogP contribution in [-0.2, 0) is 4.79 Å². The molecule has 140 valence electrons. The highest BCUT2D eigenvalue weighted by Crippen LogP contribution is 2.32. The SMILES string of the molecule is CCCCC(=O)Nc1csc(-c2cncc(-c3ccc(Cl)c(OC)c3)n2)c1. The third-order valence-corrected chi connectivity index (χ3v) is 5.24. The maximum atomic E-state index is 11.9. The first-order valence-corrected chi connectivity index (χ1v) is 9.91. The molecule has 0 atom stereocenters. The minimum Gasteiger partial charge on any atom is -0.495 e. The van der Waals surface area contributed by atoms with Crippen molar-refractivity contribution in [1.29, 1.82) is 0 Å². The van der Waals surface area contributed by atoms with Gasteiger partial charge in [0, 0.05) is 17.4 Å². The molecule has 0 aliphatic carbocycles. The van der Waals surface area contributed by atoms with Crippen LogP contribution in [0.15, 0.2) is 42.0 Å². The number of halogens is 1. The average Bonchev–Trinajstić information content (AvgIpc) is 3.15. The van der Waals surface area contributed by atoms with E-state index in [0.29, 0.717) is 17.2 Å². The molecule has 1 amide bonds. The van der Waals surface area contributed by atoms with Gasteiger partial charge in [-0.05, 0) is 24.6 Å². The summed E-state index contributed by atoms with van der Waals surface area (Å²) in [5, 5.41) is 5.39. The van der Waals surface area contributed by atoms with Gasteiger partial charge in [-0.15, -0.1) is 11.3 Å². The second kappa shape index (κ2) is 8.97. The first-order valence-electron chi connectivity index (χ1n) is 8.65. The maximum absolute atomic E-state index is 11.9. The number of carbonyl (C=O) groups excluding carboxylic acids is 1. The third-order valence-electron chi connectivity index (χ3n) is 3.97. The van der Waals surface area contributed by atoms with E-state index in [2.05, 4.69) is 17.2 Å². The third kappa shape index (κ3) is 4.84. The number of carbonyl (C=O) groups is 1. The fourth-order valence-corrected chi connectivity index (χ4v) is 3.53. The number of hydrogen-bond acceptors (Lipinski definition) is 5. The largest absolute Gasteiger partial charge is 0.495 e. The minimum absolute atomic E-state index is 0.0364. The van der Waals surface area contributed by atoms with E-state index in [0.717, 1.165) is 40.4 Å². The lowest BCUT2D eigenvalue weighted by Gasteiger charge is -2.07. The van der Waals surface area contributed by atoms with Crippen molar-refractivity contribution in [1.82, 2.24) is 9.97 Å². The zero-order valence-corrected chi connectivity index (χ0v) is 16.7. The van der Waals surface area contributed by atoms with Gasteiger partial charge in [-0.2, -0.15) is 0 Å². The second-order valence-electron chi connectivity index (χ2n) is 5.99. The molecule has 0 fully saturated rings. The van der Waals surface area contributed by atoms with Crippen molar-refractivity contribution in [3.63, 3.8) is 0 Å². The highest BCUT2D eigenvalue weighted by Gasteiger charge is 2.10. The zero-order valence-electron chi connectivity index (χ0n) is 15.2. The highest BCUT2D eigenvalue weighted by atomic mass is 35.5. The molecule has 2 aromatic heterocycles. The molecule has 0 unspecified atom stereocenters. The van der Waals surface area contributed by atoms with Crippen molar-refractivity contribution in [2.75, 3.05) is 12.4 Å². The van der Waals surface area contributed by atoms with Gasteiger partial charge in [0.25, 0.3) is 0 Å². The molecule has 0 spiro atoms. The Hall–Kier alpha value is -2.44. The molecule has 1 aromatic carbocycles. The van der Waals surface area contributed by atoms with Crippen LogP contribution in [0.1, 0.15) is 26.2 Å². The molecule has 7 heteroatoms. The molecule has 0 aliphatic heterocycles. The number of hydrogen-bond donors (Lipinski definition) is 1. The van der Waals surface area contributed by atoms with Crippen LogP contribution in [0, 0.1) is 0 Å². The number of anilines is 1. The van der Waals surface area contributed by atoms with Crippen molar-refractivity contribution in [3.05, 3.63) is 47.1 Å². The normalized spacial score (nSPS) is 10.6. The fourth-order valence-electron chi connectivity index (χ4n) is 2.54. The van der Waals surface area contributed by atoms with Crippen molar-refractivity contribution in [3.8, 4) is 27.6 Å². The molecule has 3 aromatic rings. The van der Waals surface area contributed by atoms with Gasteiger partial charge in [0.05, 0.1) is 46.5 Å². The lowest BCUT2D eigenvalue weighted by molar-refractivity contribution is -0.116. The van der Waals surface area contributed by atoms with Crippen molar-refractivity contribution in [2.24, 2.45) is 0 Å². The molecule has 3 rings (SSSR count). The molecule has 2 heterocycles. The predicted molar refractivity (Wildman–Crippen MR) is 110 cm³/mol. The van der Waals surface area contributed by atoms with Crippen LogP contribution in [0.3, 0.4) is 0 Å². The van der Waals surface area contributed by atoms with Gasteiger partial charge in [-0.25, -0.2) is 4.98 Å². The first kappa shape index (κ1) is 19.3. The molecule has 0 aliphatic rings. The monoisotopic (exact) mass is 401 g/mol. The number of nitrogens with one attached hydrogen (secondary N) is 1. The van der Waals surface area contributed by atoms with Crippen LogP contribution in [0.4, 0.5) is 5.69 Å². The summed E-state index contributed by atoms with van der Waals surface area (Å²) in [5.41, 5.74) is 3.14. The topological polar surface area (TPSA) is 64.1 Å². The molecule has 0 radical (unpaired) electrons. The van der Waals surface area contributed by atoms with Gasteiger partial charge in [0.15, 0.2) is 0 Å². The Labute approximate surface area is 167 Å². The van der Waals surface area contributed by atoms with E-state index in [1.165, 1.54) is 11.3 Å². The Kier molecular flexibility index (Phi) is 6.42. The standard InChI is InChI=1S/C20H20ClN3O2S/c1-3-4-5-20(25)23-14-9-19(27-12-14)17-11-22-10-16(24-17)13-6-7-15(21)18(8-13)26-2/h6-12H,3-5H2,1-2H3,(H,23,25). The predicted octanol–water partition coefficient (Wildman–Crippen LogP) is 5.66. The van der Waals surface area contributed by atoms with Gasteiger partial charge < -0.3 is 10.1 Å². The number of thiophene rings is 1. The van der Waals surface area contributed by atoms with Crippen LogP contribution in [0.5, 0.6) is 5.75 Å². The smallest absolute Gasteiger partial charge is 0.224 e. The molecule has 0 saturated carbocycles. The summed E-state index contributed by atoms with van der Waals surface area (Å²) < 4.78 is 5.27. The van der Waals surface area contributed by atoms with Crippen LogP contribution >= 0.6 is 22.9 Å². The van der Waals surface area contributed by atoms with E-state index in [4.69, 9.17) is 21.3 Å². The highest BCUT2D eigenvalue weighted by molar-refractivity contribution is 7.14. The molecular weight excluding hydrogens is 382 g/mol. The van der Waals surface area contributed by atoms with Crippen molar-refractivity contribution in [2.45, 2.75) is 26.2 Å². The van der Waals surface area contributed by atoms with E-state index < -0.39 is 0 Å². The lowest BCUT2D eigenvalue weighted by atomic mass is 10.1. The first-order chi connectivity index (χ1) is 13.1. The van der Waals surface area contributed by atoms with E-state index in [1.54, 1.807) is 25.6 Å². The quantitative estimate of drug-likeness (QED) is 0.554. The van der Waals surface area contributed by atoms with Crippen molar-refractivity contribution >= 4 is 34.5 Å². The number of rotatable bonds is 7. The second-order valence-corrected chi connectivity index (χ2v) is 7.31. The molecule has 1 N–H and O–H groups in total. The summed E-state index contributed by atoms with van der Waals surface area (Å²) in [4.78, 5) is 21.8. The maximum Gasteiger partial charge on any atom is 0.224 e. The summed E-state index contributed by atoms with van der Waals surface area (Å²) in [6.07, 6.45) is 5.84. The number of benzene rings is 1. The zero-order chi connectivity index (χ0) is 19.2. The summed E-state index contributed by atoms with van der Waals surface area (Å²) in [6.45, 7) is 2.07. The molecular formula is C20H20ClN3O2S. The fraction of sp³-hybridized carbons (Fsp3) is 0.250. The van der Waals surface area contributed by atoms with Gasteiger partial charge in [0.1, 0.15) is 5.75 Å². The number of ether oxygens (including phenoxy) is 1. The number of methoxy groups -OCH3 is 1. The summed E-state index contributed by atoms with van der Waals surface area (Å²) >= 11 is 7.61. The Morgan fingerprint density at radius 3 is 2.85 bits per heavy atom. The molecule has 0 bridgehead atoms. The number of amides is 1. The Balaban J connectivity index is 1.81. The van der Waals surface area contributed by atoms with Gasteiger partial charge >= 0.3 is 0 Å². The summed E-state index contributed by atoms with van der Waals surface area (Å²) in [6, 6.07) is 7.42. The van der Waals surface area contributed by atoms with E-state index >= 15 is 0 Å². The van der Waals surface area contributed by atoms with Crippen LogP contribution < -0.4 is 10.1 Å². The van der Waals surface area contributed by atoms with Gasteiger partial charge in [-0.1, -0.05) is 31.0 Å². The van der Waals surface area contributed by atoms with E-state index in [1.807, 2.05) is 23.6 Å². The molecule has 0 saturated heterocycles. The summed E-state index contributed by atoms with van der Waals surface area (Å²) in [5.74, 6) is 0.629. The minimum atomic E-state index is 0.0364. The number of nitrogens with zero attached hydrogens (tertiary/aromatic N) is 2. The Morgan fingerprint density at radius 2 is 2.07 bits per heavy atom. The average molecular weight is 402 g/mol. The van der Waals surface area contributed by atoms with Crippen LogP contribution in [0.2, 0.25) is 5.02 Å². The lowest BCUT2D eigenvalue weighted by Crippen LogP contribution is -2.09. The molecule has 27 heavy (non-hydrogen) atoms. The number of aromatic nitrogens is 2. The van der Waals surface area contributed by atoms with E-state index in [-0.39, 0.29) is 5.91 Å². The van der Waals surface area contributed by atoms with Crippen LogP contribution in [0.25, 0.3) is 21.8 Å².